The Morgan fingerprint density at radius 3 is 1.86 bits per heavy atom. The van der Waals surface area contributed by atoms with Crippen molar-refractivity contribution in [2.45, 2.75) is 0 Å². The molecular formula is C14H7F3N2O2. The second-order valence-electron chi connectivity index (χ2n) is 4.44. The summed E-state index contributed by atoms with van der Waals surface area (Å²) >= 11 is 0. The average Bonchev–Trinajstić information content (AvgIpc) is 2.65. The minimum atomic E-state index is -1.27. The van der Waals surface area contributed by atoms with Gasteiger partial charge in [-0.05, 0) is 24.3 Å². The maximum atomic E-state index is 13.9. The number of rotatable bonds is 1. The van der Waals surface area contributed by atoms with Gasteiger partial charge >= 0.3 is 0 Å². The van der Waals surface area contributed by atoms with Gasteiger partial charge in [0.25, 0.3) is 11.8 Å². The monoisotopic (exact) mass is 292 g/mol. The van der Waals surface area contributed by atoms with E-state index >= 15 is 0 Å². The molecule has 0 unspecified atom stereocenters. The van der Waals surface area contributed by atoms with E-state index in [0.717, 1.165) is 6.07 Å². The molecule has 1 aliphatic rings. The molecule has 4 nitrogen and oxygen atoms in total. The van der Waals surface area contributed by atoms with Crippen LogP contribution in [0, 0.1) is 17.5 Å². The number of nitrogens with two attached hydrogens (primary N) is 1. The van der Waals surface area contributed by atoms with Crippen LogP contribution in [0.3, 0.4) is 0 Å². The van der Waals surface area contributed by atoms with Crippen molar-refractivity contribution in [1.29, 1.82) is 0 Å². The van der Waals surface area contributed by atoms with Gasteiger partial charge in [-0.15, -0.1) is 0 Å². The zero-order valence-corrected chi connectivity index (χ0v) is 10.4. The highest BCUT2D eigenvalue weighted by atomic mass is 19.2. The van der Waals surface area contributed by atoms with Gasteiger partial charge in [-0.2, -0.15) is 0 Å². The Morgan fingerprint density at radius 2 is 1.38 bits per heavy atom. The second kappa shape index (κ2) is 4.34. The van der Waals surface area contributed by atoms with E-state index < -0.39 is 35.0 Å². The van der Waals surface area contributed by atoms with Crippen LogP contribution in [0.1, 0.15) is 20.7 Å². The van der Waals surface area contributed by atoms with Crippen molar-refractivity contribution in [3.05, 3.63) is 58.9 Å². The van der Waals surface area contributed by atoms with E-state index in [-0.39, 0.29) is 16.8 Å². The van der Waals surface area contributed by atoms with Crippen molar-refractivity contribution in [3.8, 4) is 0 Å². The molecule has 7 heteroatoms. The lowest BCUT2D eigenvalue weighted by molar-refractivity contribution is 0.0925. The minimum absolute atomic E-state index is 0.134. The zero-order valence-electron chi connectivity index (χ0n) is 10.4. The van der Waals surface area contributed by atoms with Crippen LogP contribution in [0.5, 0.6) is 0 Å². The molecule has 1 aliphatic heterocycles. The molecule has 0 bridgehead atoms. The molecule has 0 fully saturated rings. The van der Waals surface area contributed by atoms with Crippen LogP contribution in [0.25, 0.3) is 0 Å². The molecule has 1 heterocycles. The van der Waals surface area contributed by atoms with Crippen molar-refractivity contribution in [3.63, 3.8) is 0 Å². The molecule has 2 amide bonds. The summed E-state index contributed by atoms with van der Waals surface area (Å²) in [5.41, 5.74) is 4.36. The molecule has 0 atom stereocenters. The SMILES string of the molecule is Nc1cccc(F)c1N1C(=O)c2cc(F)c(F)cc2C1=O. The number of anilines is 2. The third-order valence-electron chi connectivity index (χ3n) is 3.17. The topological polar surface area (TPSA) is 63.4 Å². The van der Waals surface area contributed by atoms with Crippen molar-refractivity contribution in [2.75, 3.05) is 10.6 Å². The third-order valence-corrected chi connectivity index (χ3v) is 3.17. The lowest BCUT2D eigenvalue weighted by Crippen LogP contribution is -2.31. The third kappa shape index (κ3) is 1.78. The van der Waals surface area contributed by atoms with Gasteiger partial charge in [0, 0.05) is 0 Å². The summed E-state index contributed by atoms with van der Waals surface area (Å²) in [6, 6.07) is 4.87. The Balaban J connectivity index is 2.21. The Bertz CT molecular complexity index is 744. The summed E-state index contributed by atoms with van der Waals surface area (Å²) < 4.78 is 40.3. The number of para-hydroxylation sites is 1. The second-order valence-corrected chi connectivity index (χ2v) is 4.44. The maximum absolute atomic E-state index is 13.9. The summed E-state index contributed by atoms with van der Waals surface area (Å²) in [7, 11) is 0. The molecule has 3 rings (SSSR count). The largest absolute Gasteiger partial charge is 0.397 e. The van der Waals surface area contributed by atoms with Crippen LogP contribution >= 0.6 is 0 Å². The lowest BCUT2D eigenvalue weighted by Gasteiger charge is -2.16. The van der Waals surface area contributed by atoms with E-state index in [0.29, 0.717) is 17.0 Å². The maximum Gasteiger partial charge on any atom is 0.266 e. The number of benzene rings is 2. The van der Waals surface area contributed by atoms with Gasteiger partial charge in [0.05, 0.1) is 16.8 Å². The fourth-order valence-electron chi connectivity index (χ4n) is 2.20. The van der Waals surface area contributed by atoms with Gasteiger partial charge in [-0.25, -0.2) is 18.1 Å². The first-order valence-electron chi connectivity index (χ1n) is 5.83. The van der Waals surface area contributed by atoms with Crippen LogP contribution in [-0.2, 0) is 0 Å². The van der Waals surface area contributed by atoms with E-state index in [9.17, 15) is 22.8 Å². The van der Waals surface area contributed by atoms with E-state index in [1.54, 1.807) is 0 Å². The van der Waals surface area contributed by atoms with Gasteiger partial charge < -0.3 is 5.73 Å². The van der Waals surface area contributed by atoms with Crippen LogP contribution in [-0.4, -0.2) is 11.8 Å². The van der Waals surface area contributed by atoms with Crippen LogP contribution in [0.15, 0.2) is 30.3 Å². The van der Waals surface area contributed by atoms with Crippen LogP contribution in [0.2, 0.25) is 0 Å². The highest BCUT2D eigenvalue weighted by Gasteiger charge is 2.40. The quantitative estimate of drug-likeness (QED) is 0.649. The standard InChI is InChI=1S/C14H7F3N2O2/c15-8-2-1-3-11(18)12(8)19-13(20)6-4-9(16)10(17)5-7(6)14(19)21/h1-5H,18H2. The normalized spacial score (nSPS) is 13.8. The van der Waals surface area contributed by atoms with Gasteiger partial charge in [-0.1, -0.05) is 6.07 Å². The van der Waals surface area contributed by atoms with Crippen LogP contribution < -0.4 is 10.6 Å². The number of carbonyl (C=O) groups excluding carboxylic acids is 2. The summed E-state index contributed by atoms with van der Waals surface area (Å²) in [6.45, 7) is 0. The summed E-state index contributed by atoms with van der Waals surface area (Å²) in [5.74, 6) is -5.32. The molecule has 106 valence electrons. The Kier molecular flexibility index (Phi) is 2.72. The van der Waals surface area contributed by atoms with Gasteiger partial charge in [0.2, 0.25) is 0 Å². The van der Waals surface area contributed by atoms with Crippen molar-refractivity contribution in [2.24, 2.45) is 0 Å². The molecule has 2 aromatic carbocycles. The molecule has 0 aromatic heterocycles. The van der Waals surface area contributed by atoms with E-state index in [2.05, 4.69) is 0 Å². The molecular weight excluding hydrogens is 285 g/mol. The Hall–Kier alpha value is -2.83. The number of nitrogen functional groups attached to an aromatic ring is 1. The summed E-state index contributed by atoms with van der Waals surface area (Å²) in [6.07, 6.45) is 0. The predicted octanol–water partition coefficient (Wildman–Crippen LogP) is 2.49. The predicted molar refractivity (Wildman–Crippen MR) is 68.3 cm³/mol. The Morgan fingerprint density at radius 1 is 0.857 bits per heavy atom. The molecule has 0 spiro atoms. The number of fused-ring (bicyclic) bond motifs is 1. The van der Waals surface area contributed by atoms with Gasteiger partial charge in [0.1, 0.15) is 11.5 Å². The van der Waals surface area contributed by atoms with E-state index in [1.165, 1.54) is 12.1 Å². The van der Waals surface area contributed by atoms with E-state index in [4.69, 9.17) is 5.73 Å². The van der Waals surface area contributed by atoms with Gasteiger partial charge in [-0.3, -0.25) is 9.59 Å². The number of hydrogen-bond acceptors (Lipinski definition) is 3. The number of halogens is 3. The number of hydrogen-bond donors (Lipinski definition) is 1. The first-order valence-corrected chi connectivity index (χ1v) is 5.83. The van der Waals surface area contributed by atoms with Crippen molar-refractivity contribution >= 4 is 23.2 Å². The summed E-state index contributed by atoms with van der Waals surface area (Å²) in [5, 5.41) is 0. The average molecular weight is 292 g/mol. The first kappa shape index (κ1) is 13.2. The number of amides is 2. The Labute approximate surface area is 116 Å². The molecule has 0 aliphatic carbocycles. The smallest absolute Gasteiger partial charge is 0.266 e. The van der Waals surface area contributed by atoms with Crippen LogP contribution in [0.4, 0.5) is 24.5 Å². The summed E-state index contributed by atoms with van der Waals surface area (Å²) in [4.78, 5) is 24.8. The molecule has 0 radical (unpaired) electrons. The van der Waals surface area contributed by atoms with E-state index in [1.807, 2.05) is 0 Å². The molecule has 0 saturated heterocycles. The highest BCUT2D eigenvalue weighted by molar-refractivity contribution is 6.35. The molecule has 2 N–H and O–H groups in total. The number of nitrogens with zero attached hydrogens (tertiary/aromatic N) is 1. The van der Waals surface area contributed by atoms with Crippen molar-refractivity contribution < 1.29 is 22.8 Å². The fraction of sp³-hybridized carbons (Fsp3) is 0. The first-order chi connectivity index (χ1) is 9.91. The fourth-order valence-corrected chi connectivity index (χ4v) is 2.20. The minimum Gasteiger partial charge on any atom is -0.397 e. The molecule has 2 aromatic rings. The van der Waals surface area contributed by atoms with Gasteiger partial charge in [0.15, 0.2) is 11.6 Å². The number of imide groups is 1. The van der Waals surface area contributed by atoms with Crippen molar-refractivity contribution in [1.82, 2.24) is 0 Å². The highest BCUT2D eigenvalue weighted by Crippen LogP contribution is 2.34. The number of carbonyl (C=O) groups is 2. The lowest BCUT2D eigenvalue weighted by atomic mass is 10.1. The molecule has 21 heavy (non-hydrogen) atoms. The zero-order chi connectivity index (χ0) is 15.3. The molecule has 0 saturated carbocycles.